The van der Waals surface area contributed by atoms with E-state index in [1.165, 1.54) is 15.8 Å². The van der Waals surface area contributed by atoms with Gasteiger partial charge in [0.15, 0.2) is 5.96 Å². The smallest absolute Gasteiger partial charge is 0.361 e. The molecule has 1 saturated heterocycles. The number of halogens is 4. The minimum Gasteiger partial charge on any atom is -0.361 e. The number of guanidine groups is 1. The van der Waals surface area contributed by atoms with Gasteiger partial charge in [0.05, 0.1) is 6.54 Å². The number of rotatable bonds is 7. The molecule has 3 N–H and O–H groups in total. The van der Waals surface area contributed by atoms with Gasteiger partial charge >= 0.3 is 6.18 Å². The lowest BCUT2D eigenvalue weighted by molar-refractivity contribution is -0.143. The number of benzene rings is 1. The van der Waals surface area contributed by atoms with Crippen LogP contribution in [-0.2, 0) is 6.42 Å². The van der Waals surface area contributed by atoms with Crippen LogP contribution in [0.4, 0.5) is 13.2 Å². The molecule has 1 unspecified atom stereocenters. The molecule has 0 amide bonds. The van der Waals surface area contributed by atoms with Crippen LogP contribution >= 0.6 is 24.0 Å². The number of nitrogens with zero attached hydrogens (tertiary/aromatic N) is 2. The van der Waals surface area contributed by atoms with E-state index in [0.29, 0.717) is 19.6 Å². The quantitative estimate of drug-likeness (QED) is 0.295. The molecule has 1 aliphatic rings. The number of alkyl halides is 3. The fourth-order valence-corrected chi connectivity index (χ4v) is 3.68. The average Bonchev–Trinajstić information content (AvgIpc) is 3.25. The summed E-state index contributed by atoms with van der Waals surface area (Å²) in [6.45, 7) is 4.13. The number of aromatic amines is 1. The van der Waals surface area contributed by atoms with E-state index in [2.05, 4.69) is 32.7 Å². The molecule has 0 bridgehead atoms. The monoisotopic (exact) mass is 523 g/mol. The molecule has 1 aromatic carbocycles. The summed E-state index contributed by atoms with van der Waals surface area (Å²) in [5.74, 6) is 0.892. The van der Waals surface area contributed by atoms with Crippen molar-refractivity contribution in [2.75, 3.05) is 39.3 Å². The van der Waals surface area contributed by atoms with Crippen LogP contribution in [-0.4, -0.2) is 61.3 Å². The second-order valence-corrected chi connectivity index (χ2v) is 7.26. The molecule has 0 aliphatic carbocycles. The first-order chi connectivity index (χ1) is 13.4. The fraction of sp³-hybridized carbons (Fsp3) is 0.550. The molecule has 1 atom stereocenters. The Bertz CT molecular complexity index is 790. The van der Waals surface area contributed by atoms with Crippen molar-refractivity contribution in [3.8, 4) is 0 Å². The maximum absolute atomic E-state index is 12.5. The van der Waals surface area contributed by atoms with Gasteiger partial charge in [-0.2, -0.15) is 13.2 Å². The number of aliphatic imine (C=N–C) groups is 1. The zero-order valence-corrected chi connectivity index (χ0v) is 18.9. The number of aromatic nitrogens is 1. The molecule has 1 aromatic heterocycles. The van der Waals surface area contributed by atoms with Crippen LogP contribution < -0.4 is 10.6 Å². The molecular formula is C20H29F3IN5. The molecular weight excluding hydrogens is 494 g/mol. The van der Waals surface area contributed by atoms with Gasteiger partial charge in [-0.15, -0.1) is 24.0 Å². The van der Waals surface area contributed by atoms with Crippen LogP contribution in [0, 0.1) is 5.92 Å². The number of H-pyrrole nitrogens is 1. The minimum absolute atomic E-state index is 0. The second kappa shape index (κ2) is 11.1. The van der Waals surface area contributed by atoms with E-state index in [9.17, 15) is 13.2 Å². The average molecular weight is 523 g/mol. The van der Waals surface area contributed by atoms with E-state index in [4.69, 9.17) is 0 Å². The first-order valence-electron chi connectivity index (χ1n) is 9.81. The van der Waals surface area contributed by atoms with Gasteiger partial charge in [0, 0.05) is 43.3 Å². The van der Waals surface area contributed by atoms with Gasteiger partial charge in [0.25, 0.3) is 0 Å². The lowest BCUT2D eigenvalue weighted by Gasteiger charge is -2.17. The minimum atomic E-state index is -4.13. The first-order valence-corrected chi connectivity index (χ1v) is 9.81. The second-order valence-electron chi connectivity index (χ2n) is 7.26. The van der Waals surface area contributed by atoms with Gasteiger partial charge in [0.2, 0.25) is 0 Å². The molecule has 162 valence electrons. The van der Waals surface area contributed by atoms with E-state index >= 15 is 0 Å². The van der Waals surface area contributed by atoms with Gasteiger partial charge in [-0.25, -0.2) is 0 Å². The van der Waals surface area contributed by atoms with Crippen LogP contribution in [0.2, 0.25) is 0 Å². The Hall–Kier alpha value is -1.49. The van der Waals surface area contributed by atoms with Gasteiger partial charge in [-0.3, -0.25) is 9.89 Å². The van der Waals surface area contributed by atoms with Crippen LogP contribution in [0.25, 0.3) is 10.9 Å². The van der Waals surface area contributed by atoms with E-state index < -0.39 is 12.7 Å². The Balaban J connectivity index is 0.00000300. The highest BCUT2D eigenvalue weighted by Gasteiger charge is 2.34. The topological polar surface area (TPSA) is 55.5 Å². The maximum Gasteiger partial charge on any atom is 0.401 e. The molecule has 2 aromatic rings. The Kier molecular flexibility index (Phi) is 9.06. The van der Waals surface area contributed by atoms with Gasteiger partial charge in [-0.1, -0.05) is 18.2 Å². The number of hydrogen-bond acceptors (Lipinski definition) is 2. The zero-order valence-electron chi connectivity index (χ0n) is 16.6. The molecule has 29 heavy (non-hydrogen) atoms. The van der Waals surface area contributed by atoms with Crippen LogP contribution in [0.5, 0.6) is 0 Å². The highest BCUT2D eigenvalue weighted by molar-refractivity contribution is 14.0. The number of para-hydroxylation sites is 1. The highest BCUT2D eigenvalue weighted by Crippen LogP contribution is 2.23. The Morgan fingerprint density at radius 1 is 1.28 bits per heavy atom. The van der Waals surface area contributed by atoms with Crippen molar-refractivity contribution in [3.63, 3.8) is 0 Å². The van der Waals surface area contributed by atoms with Crippen molar-refractivity contribution in [3.05, 3.63) is 36.0 Å². The summed E-state index contributed by atoms with van der Waals surface area (Å²) in [6, 6.07) is 8.20. The Labute approximate surface area is 186 Å². The van der Waals surface area contributed by atoms with Crippen molar-refractivity contribution in [1.82, 2.24) is 20.5 Å². The van der Waals surface area contributed by atoms with Gasteiger partial charge in [0.1, 0.15) is 0 Å². The van der Waals surface area contributed by atoms with Crippen LogP contribution in [0.3, 0.4) is 0 Å². The number of nitrogens with one attached hydrogen (secondary N) is 3. The SMILES string of the molecule is CCNC(=NCC1CCN(CC(F)(F)F)C1)NCCc1c[nH]c2ccccc12.I. The molecule has 0 spiro atoms. The summed E-state index contributed by atoms with van der Waals surface area (Å²) in [4.78, 5) is 9.33. The molecule has 9 heteroatoms. The summed E-state index contributed by atoms with van der Waals surface area (Å²) in [7, 11) is 0. The normalized spacial score (nSPS) is 18.1. The number of hydrogen-bond donors (Lipinski definition) is 3. The maximum atomic E-state index is 12.5. The Morgan fingerprint density at radius 3 is 2.83 bits per heavy atom. The zero-order chi connectivity index (χ0) is 20.0. The third kappa shape index (κ3) is 7.36. The fourth-order valence-electron chi connectivity index (χ4n) is 3.68. The first kappa shape index (κ1) is 23.8. The van der Waals surface area contributed by atoms with Crippen molar-refractivity contribution >= 4 is 40.8 Å². The summed E-state index contributed by atoms with van der Waals surface area (Å²) in [5, 5.41) is 7.76. The molecule has 1 aliphatic heterocycles. The molecule has 1 fully saturated rings. The predicted octanol–water partition coefficient (Wildman–Crippen LogP) is 3.77. The lowest BCUT2D eigenvalue weighted by atomic mass is 10.1. The van der Waals surface area contributed by atoms with Crippen molar-refractivity contribution in [1.29, 1.82) is 0 Å². The molecule has 3 rings (SSSR count). The van der Waals surface area contributed by atoms with E-state index in [1.807, 2.05) is 25.3 Å². The molecule has 2 heterocycles. The third-order valence-electron chi connectivity index (χ3n) is 4.99. The number of fused-ring (bicyclic) bond motifs is 1. The molecule has 0 radical (unpaired) electrons. The number of likely N-dealkylation sites (tertiary alicyclic amines) is 1. The molecule has 5 nitrogen and oxygen atoms in total. The standard InChI is InChI=1S/C20H28F3N5.HI/c1-2-24-19(27-11-15-8-10-28(13-15)14-20(21,22)23)25-9-7-16-12-26-18-6-4-3-5-17(16)18;/h3-6,12,15,26H,2,7-11,13-14H2,1H3,(H2,24,25,27);1H. The predicted molar refractivity (Wildman–Crippen MR) is 122 cm³/mol. The molecule has 0 saturated carbocycles. The third-order valence-corrected chi connectivity index (χ3v) is 4.99. The summed E-state index contributed by atoms with van der Waals surface area (Å²) < 4.78 is 37.5. The van der Waals surface area contributed by atoms with Crippen molar-refractivity contribution < 1.29 is 13.2 Å². The van der Waals surface area contributed by atoms with Crippen LogP contribution in [0.15, 0.2) is 35.5 Å². The van der Waals surface area contributed by atoms with E-state index in [-0.39, 0.29) is 29.9 Å². The van der Waals surface area contributed by atoms with E-state index in [0.717, 1.165) is 37.4 Å². The lowest BCUT2D eigenvalue weighted by Crippen LogP contribution is -2.38. The summed E-state index contributed by atoms with van der Waals surface area (Å²) in [5.41, 5.74) is 2.38. The van der Waals surface area contributed by atoms with Crippen molar-refractivity contribution in [2.45, 2.75) is 25.9 Å². The Morgan fingerprint density at radius 2 is 2.07 bits per heavy atom. The van der Waals surface area contributed by atoms with Crippen molar-refractivity contribution in [2.24, 2.45) is 10.9 Å². The van der Waals surface area contributed by atoms with E-state index in [1.54, 1.807) is 0 Å². The van der Waals surface area contributed by atoms with Gasteiger partial charge in [-0.05, 0) is 43.9 Å². The summed E-state index contributed by atoms with van der Waals surface area (Å²) >= 11 is 0. The van der Waals surface area contributed by atoms with Gasteiger partial charge < -0.3 is 15.6 Å². The summed E-state index contributed by atoms with van der Waals surface area (Å²) in [6.07, 6.45) is -0.479. The van der Waals surface area contributed by atoms with Crippen LogP contribution in [0.1, 0.15) is 18.9 Å². The highest BCUT2D eigenvalue weighted by atomic mass is 127. The largest absolute Gasteiger partial charge is 0.401 e.